The number of aliphatic hydroxyl groups excluding tert-OH is 1. The molecule has 7 nitrogen and oxygen atoms in total. The van der Waals surface area contributed by atoms with Crippen LogP contribution in [0.25, 0.3) is 0 Å². The lowest BCUT2D eigenvalue weighted by Gasteiger charge is -2.35. The number of benzene rings is 2. The molecule has 0 heterocycles. The Bertz CT molecular complexity index is 1330. The van der Waals surface area contributed by atoms with E-state index in [2.05, 4.69) is 5.32 Å². The van der Waals surface area contributed by atoms with Gasteiger partial charge in [-0.05, 0) is 43.4 Å². The fraction of sp³-hybridized carbons (Fsp3) is 0.375. The second-order valence-corrected chi connectivity index (χ2v) is 11.2. The third-order valence-electron chi connectivity index (χ3n) is 6.30. The number of amides is 1. The Morgan fingerprint density at radius 1 is 1.19 bits per heavy atom. The molecule has 2 aromatic rings. The Balaban J connectivity index is 1.62. The Kier molecular flexibility index (Phi) is 7.50. The fourth-order valence-electron chi connectivity index (χ4n) is 4.84. The third-order valence-corrected chi connectivity index (χ3v) is 8.86. The van der Waals surface area contributed by atoms with Crippen LogP contribution in [0, 0.1) is 23.4 Å². The smallest absolute Gasteiger partial charge is 0.255 e. The number of hydrogen-bond acceptors (Lipinski definition) is 6. The summed E-state index contributed by atoms with van der Waals surface area (Å²) in [5, 5.41) is 21.9. The van der Waals surface area contributed by atoms with E-state index < -0.39 is 44.7 Å². The number of hydrogen-bond donors (Lipinski definition) is 3. The number of nitrogens with one attached hydrogen (secondary N) is 1. The van der Waals surface area contributed by atoms with E-state index in [9.17, 15) is 31.5 Å². The van der Waals surface area contributed by atoms with Crippen LogP contribution >= 0.6 is 11.6 Å². The van der Waals surface area contributed by atoms with Crippen LogP contribution in [0.3, 0.4) is 0 Å². The van der Waals surface area contributed by atoms with Gasteiger partial charge in [-0.3, -0.25) is 4.79 Å². The maximum Gasteiger partial charge on any atom is 0.255 e. The number of fused-ring (bicyclic) bond motifs is 1. The summed E-state index contributed by atoms with van der Waals surface area (Å²) < 4.78 is 72.7. The highest BCUT2D eigenvalue weighted by Gasteiger charge is 2.47. The summed E-state index contributed by atoms with van der Waals surface area (Å²) in [6, 6.07) is 4.74. The van der Waals surface area contributed by atoms with E-state index in [1.54, 1.807) is 0 Å². The molecule has 2 aliphatic carbocycles. The maximum atomic E-state index is 13.6. The van der Waals surface area contributed by atoms with Crippen molar-refractivity contribution in [2.24, 2.45) is 5.92 Å². The fourth-order valence-corrected chi connectivity index (χ4v) is 7.30. The highest BCUT2D eigenvalue weighted by atomic mass is 35.5. The lowest BCUT2D eigenvalue weighted by Crippen LogP contribution is -2.40. The third kappa shape index (κ3) is 5.16. The van der Waals surface area contributed by atoms with Crippen molar-refractivity contribution in [3.8, 4) is 0 Å². The Morgan fingerprint density at radius 2 is 1.89 bits per heavy atom. The molecule has 0 spiro atoms. The van der Waals surface area contributed by atoms with Crippen LogP contribution in [0.4, 0.5) is 18.9 Å². The molecule has 2 aromatic carbocycles. The number of sulfone groups is 1. The highest BCUT2D eigenvalue weighted by molar-refractivity contribution is 7.95. The molecular formula is C24H23ClF3NO6S. The van der Waals surface area contributed by atoms with Crippen LogP contribution in [-0.4, -0.2) is 50.0 Å². The number of rotatable bonds is 8. The normalized spacial score (nSPS) is 21.7. The number of carbonyl (C=O) groups is 1. The van der Waals surface area contributed by atoms with Crippen LogP contribution in [-0.2, 0) is 14.6 Å². The summed E-state index contributed by atoms with van der Waals surface area (Å²) in [5.74, 6) is -6.02. The molecule has 194 valence electrons. The van der Waals surface area contributed by atoms with Gasteiger partial charge >= 0.3 is 0 Å². The molecule has 3 N–H and O–H groups in total. The number of halogens is 4. The van der Waals surface area contributed by atoms with Crippen LogP contribution in [0.5, 0.6) is 0 Å². The van der Waals surface area contributed by atoms with Crippen molar-refractivity contribution in [3.05, 3.63) is 68.8 Å². The van der Waals surface area contributed by atoms with Crippen molar-refractivity contribution in [1.82, 2.24) is 0 Å². The van der Waals surface area contributed by atoms with Gasteiger partial charge in [-0.15, -0.1) is 0 Å². The molecule has 0 radical (unpaired) electrons. The molecule has 0 aliphatic heterocycles. The first-order valence-electron chi connectivity index (χ1n) is 11.1. The van der Waals surface area contributed by atoms with E-state index in [-0.39, 0.29) is 58.7 Å². The molecule has 0 saturated carbocycles. The van der Waals surface area contributed by atoms with Gasteiger partial charge in [-0.25, -0.2) is 21.6 Å². The van der Waals surface area contributed by atoms with Gasteiger partial charge < -0.3 is 20.3 Å². The van der Waals surface area contributed by atoms with Gasteiger partial charge in [-0.2, -0.15) is 0 Å². The predicted octanol–water partition coefficient (Wildman–Crippen LogP) is 3.98. The molecule has 2 atom stereocenters. The zero-order valence-corrected chi connectivity index (χ0v) is 20.4. The van der Waals surface area contributed by atoms with Gasteiger partial charge in [0.1, 0.15) is 0 Å². The largest absolute Gasteiger partial charge is 0.394 e. The van der Waals surface area contributed by atoms with Gasteiger partial charge in [0.2, 0.25) is 9.84 Å². The van der Waals surface area contributed by atoms with Crippen molar-refractivity contribution in [2.45, 2.75) is 36.2 Å². The van der Waals surface area contributed by atoms with E-state index in [4.69, 9.17) is 21.4 Å². The summed E-state index contributed by atoms with van der Waals surface area (Å²) in [6.07, 6.45) is 1.23. The summed E-state index contributed by atoms with van der Waals surface area (Å²) in [7, 11) is -4.15. The number of anilines is 1. The van der Waals surface area contributed by atoms with Gasteiger partial charge in [0.05, 0.1) is 40.2 Å². The Morgan fingerprint density at radius 3 is 2.53 bits per heavy atom. The minimum atomic E-state index is -4.15. The molecule has 12 heteroatoms. The second-order valence-electron chi connectivity index (χ2n) is 8.94. The summed E-state index contributed by atoms with van der Waals surface area (Å²) >= 11 is 6.21. The highest BCUT2D eigenvalue weighted by Crippen LogP contribution is 2.50. The molecule has 0 saturated heterocycles. The van der Waals surface area contributed by atoms with Crippen molar-refractivity contribution in [2.75, 3.05) is 25.1 Å². The van der Waals surface area contributed by atoms with Crippen LogP contribution in [0.15, 0.2) is 45.7 Å². The van der Waals surface area contributed by atoms with E-state index in [1.807, 2.05) is 0 Å². The molecule has 1 unspecified atom stereocenters. The van der Waals surface area contributed by atoms with Crippen molar-refractivity contribution < 1.29 is 41.3 Å². The van der Waals surface area contributed by atoms with Gasteiger partial charge in [0.25, 0.3) is 5.91 Å². The molecule has 0 fully saturated rings. The van der Waals surface area contributed by atoms with Crippen molar-refractivity contribution in [3.63, 3.8) is 0 Å². The maximum absolute atomic E-state index is 13.6. The number of ether oxygens (including phenoxy) is 1. The van der Waals surface area contributed by atoms with Crippen molar-refractivity contribution >= 4 is 33.0 Å². The van der Waals surface area contributed by atoms with Crippen LogP contribution in [0.1, 0.15) is 36.0 Å². The average Bonchev–Trinajstić information content (AvgIpc) is 3.11. The number of allylic oxidation sites excluding steroid dienone is 1. The zero-order valence-electron chi connectivity index (χ0n) is 18.9. The average molecular weight is 546 g/mol. The standard InChI is InChI=1S/C24H23ClF3NO6S/c25-17-4-3-13(23(31)29-16-8-18(26)21(28)19(27)9-16)7-20(17)36(33,34)22-14-1-2-15(22)11-24(32,10-14)12-35-6-5-30/h3-4,7-9,14,30,32H,1-2,5-6,10-12H2,(H,29,31)/t14?,24-/m0/s1. The molecule has 1 amide bonds. The first-order chi connectivity index (χ1) is 16.9. The second kappa shape index (κ2) is 10.1. The van der Waals surface area contributed by atoms with E-state index in [0.717, 1.165) is 6.07 Å². The van der Waals surface area contributed by atoms with Crippen molar-refractivity contribution in [1.29, 1.82) is 0 Å². The summed E-state index contributed by atoms with van der Waals surface area (Å²) in [6.45, 7) is -0.185. The first-order valence-corrected chi connectivity index (χ1v) is 12.9. The molecule has 4 rings (SSSR count). The molecular weight excluding hydrogens is 523 g/mol. The molecule has 2 bridgehead atoms. The van der Waals surface area contributed by atoms with Crippen LogP contribution in [0.2, 0.25) is 5.02 Å². The molecule has 2 aliphatic rings. The number of aliphatic hydroxyl groups is 2. The predicted molar refractivity (Wildman–Crippen MR) is 125 cm³/mol. The number of carbonyl (C=O) groups excluding carboxylic acids is 1. The van der Waals surface area contributed by atoms with Crippen LogP contribution < -0.4 is 5.32 Å². The zero-order chi connectivity index (χ0) is 26.3. The Labute approximate surface area is 210 Å². The van der Waals surface area contributed by atoms with Gasteiger partial charge in [-0.1, -0.05) is 17.2 Å². The van der Waals surface area contributed by atoms with E-state index in [0.29, 0.717) is 30.5 Å². The molecule has 36 heavy (non-hydrogen) atoms. The van der Waals surface area contributed by atoms with E-state index >= 15 is 0 Å². The Hall–Kier alpha value is -2.44. The first kappa shape index (κ1) is 26.6. The molecule has 0 aromatic heterocycles. The van der Waals surface area contributed by atoms with Gasteiger partial charge in [0.15, 0.2) is 17.5 Å². The minimum absolute atomic E-state index is 0.0398. The topological polar surface area (TPSA) is 113 Å². The minimum Gasteiger partial charge on any atom is -0.394 e. The SMILES string of the molecule is O=C(Nc1cc(F)c(F)c(F)c1)c1ccc(Cl)c(S(=O)(=O)C2=C3CCC2C[C@@](O)(COCCO)C3)c1. The quantitative estimate of drug-likeness (QED) is 0.342. The summed E-state index contributed by atoms with van der Waals surface area (Å²) in [4.78, 5) is 12.5. The van der Waals surface area contributed by atoms with Gasteiger partial charge in [0, 0.05) is 29.8 Å². The summed E-state index contributed by atoms with van der Waals surface area (Å²) in [5.41, 5.74) is -1.19. The lowest BCUT2D eigenvalue weighted by atomic mass is 9.83. The van der Waals surface area contributed by atoms with E-state index in [1.165, 1.54) is 12.1 Å². The lowest BCUT2D eigenvalue weighted by molar-refractivity contribution is -0.0638. The monoisotopic (exact) mass is 545 g/mol.